The summed E-state index contributed by atoms with van der Waals surface area (Å²) in [6.07, 6.45) is 4.15. The van der Waals surface area contributed by atoms with Crippen LogP contribution in [0.15, 0.2) is 12.4 Å². The molecule has 5 nitrogen and oxygen atoms in total. The number of rotatable bonds is 6. The number of carbonyl (C=O) groups is 1. The lowest BCUT2D eigenvalue weighted by Crippen LogP contribution is -2.42. The van der Waals surface area contributed by atoms with Crippen molar-refractivity contribution in [3.8, 4) is 0 Å². The number of carbonyl (C=O) groups excluding carboxylic acids is 1. The van der Waals surface area contributed by atoms with Gasteiger partial charge in [-0.05, 0) is 12.3 Å². The summed E-state index contributed by atoms with van der Waals surface area (Å²) >= 11 is 4.95. The minimum Gasteiger partial charge on any atom is -0.393 e. The van der Waals surface area contributed by atoms with E-state index >= 15 is 0 Å². The molecule has 0 spiro atoms. The van der Waals surface area contributed by atoms with Crippen molar-refractivity contribution in [2.75, 3.05) is 0 Å². The Balaban J connectivity index is 2.75. The van der Waals surface area contributed by atoms with E-state index < -0.39 is 5.92 Å². The first-order valence-corrected chi connectivity index (χ1v) is 6.47. The first-order valence-electron chi connectivity index (χ1n) is 6.06. The van der Waals surface area contributed by atoms with Gasteiger partial charge in [0, 0.05) is 12.4 Å². The zero-order valence-corrected chi connectivity index (χ0v) is 11.8. The fraction of sp³-hybridized carbons (Fsp3) is 0.583. The molecule has 0 aliphatic rings. The Labute approximate surface area is 113 Å². The van der Waals surface area contributed by atoms with E-state index in [1.807, 2.05) is 20.8 Å². The molecule has 2 unspecified atom stereocenters. The van der Waals surface area contributed by atoms with E-state index in [-0.39, 0.29) is 22.9 Å². The number of H-pyrrole nitrogens is 1. The summed E-state index contributed by atoms with van der Waals surface area (Å²) in [7, 11) is 0. The van der Waals surface area contributed by atoms with Crippen LogP contribution in [0.1, 0.15) is 39.1 Å². The standard InChI is InChI=1S/C12H20N4OS/c1-4-8(11-14-5-6-15-11)16-12(17)9(7(2)3)10(13)18/h5-9H,4H2,1-3H3,(H2,13,18)(H,14,15)(H,16,17). The molecular formula is C12H20N4OS. The number of nitrogens with zero attached hydrogens (tertiary/aromatic N) is 1. The number of nitrogens with one attached hydrogen (secondary N) is 2. The monoisotopic (exact) mass is 268 g/mol. The van der Waals surface area contributed by atoms with Gasteiger partial charge < -0.3 is 16.0 Å². The highest BCUT2D eigenvalue weighted by Crippen LogP contribution is 2.16. The molecule has 0 aromatic carbocycles. The summed E-state index contributed by atoms with van der Waals surface area (Å²) in [5.74, 6) is 0.248. The molecule has 6 heteroatoms. The number of hydrogen-bond acceptors (Lipinski definition) is 3. The fourth-order valence-corrected chi connectivity index (χ4v) is 2.23. The van der Waals surface area contributed by atoms with Crippen LogP contribution in [-0.4, -0.2) is 20.9 Å². The summed E-state index contributed by atoms with van der Waals surface area (Å²) in [6.45, 7) is 5.84. The molecule has 0 saturated carbocycles. The zero-order valence-electron chi connectivity index (χ0n) is 10.9. The van der Waals surface area contributed by atoms with Gasteiger partial charge in [0.05, 0.1) is 16.9 Å². The van der Waals surface area contributed by atoms with Crippen molar-refractivity contribution in [2.45, 2.75) is 33.2 Å². The van der Waals surface area contributed by atoms with Gasteiger partial charge in [0.2, 0.25) is 5.91 Å². The summed E-state index contributed by atoms with van der Waals surface area (Å²) in [6, 6.07) is -0.136. The molecule has 2 atom stereocenters. The molecule has 100 valence electrons. The molecular weight excluding hydrogens is 248 g/mol. The van der Waals surface area contributed by atoms with Gasteiger partial charge >= 0.3 is 0 Å². The molecule has 0 saturated heterocycles. The summed E-state index contributed by atoms with van der Waals surface area (Å²) in [4.78, 5) is 19.6. The van der Waals surface area contributed by atoms with Crippen LogP contribution >= 0.6 is 12.2 Å². The Kier molecular flexibility index (Phi) is 5.27. The maximum atomic E-state index is 12.2. The van der Waals surface area contributed by atoms with E-state index in [1.54, 1.807) is 12.4 Å². The van der Waals surface area contributed by atoms with Crippen molar-refractivity contribution >= 4 is 23.1 Å². The first kappa shape index (κ1) is 14.6. The molecule has 0 bridgehead atoms. The molecule has 1 heterocycles. The minimum atomic E-state index is -0.441. The number of amides is 1. The molecule has 1 aromatic heterocycles. The lowest BCUT2D eigenvalue weighted by molar-refractivity contribution is -0.124. The Morgan fingerprint density at radius 2 is 2.28 bits per heavy atom. The van der Waals surface area contributed by atoms with Crippen LogP contribution in [0, 0.1) is 11.8 Å². The Hall–Kier alpha value is -1.43. The van der Waals surface area contributed by atoms with Gasteiger partial charge in [-0.15, -0.1) is 0 Å². The highest BCUT2D eigenvalue weighted by molar-refractivity contribution is 7.80. The van der Waals surface area contributed by atoms with E-state index in [4.69, 9.17) is 18.0 Å². The molecule has 1 amide bonds. The predicted octanol–water partition coefficient (Wildman–Crippen LogP) is 1.54. The summed E-state index contributed by atoms with van der Waals surface area (Å²) in [5, 5.41) is 2.93. The van der Waals surface area contributed by atoms with Crippen LogP contribution in [0.3, 0.4) is 0 Å². The number of hydrogen-bond donors (Lipinski definition) is 3. The second-order valence-corrected chi connectivity index (χ2v) is 5.04. The van der Waals surface area contributed by atoms with Crippen molar-refractivity contribution < 1.29 is 4.79 Å². The fourth-order valence-electron chi connectivity index (χ4n) is 1.85. The maximum absolute atomic E-state index is 12.2. The van der Waals surface area contributed by atoms with Crippen LogP contribution in [-0.2, 0) is 4.79 Å². The largest absolute Gasteiger partial charge is 0.393 e. The highest BCUT2D eigenvalue weighted by atomic mass is 32.1. The Morgan fingerprint density at radius 1 is 1.61 bits per heavy atom. The van der Waals surface area contributed by atoms with E-state index in [1.165, 1.54) is 0 Å². The van der Waals surface area contributed by atoms with Crippen LogP contribution in [0.5, 0.6) is 0 Å². The second kappa shape index (κ2) is 6.49. The number of imidazole rings is 1. The summed E-state index contributed by atoms with van der Waals surface area (Å²) < 4.78 is 0. The number of nitrogens with two attached hydrogens (primary N) is 1. The van der Waals surface area contributed by atoms with Gasteiger partial charge in [0.1, 0.15) is 5.82 Å². The Bertz CT molecular complexity index is 402. The molecule has 1 rings (SSSR count). The van der Waals surface area contributed by atoms with E-state index in [0.29, 0.717) is 0 Å². The van der Waals surface area contributed by atoms with Gasteiger partial charge in [0.25, 0.3) is 0 Å². The third kappa shape index (κ3) is 3.53. The Morgan fingerprint density at radius 3 is 2.67 bits per heavy atom. The van der Waals surface area contributed by atoms with Crippen molar-refractivity contribution in [1.29, 1.82) is 0 Å². The quantitative estimate of drug-likeness (QED) is 0.683. The minimum absolute atomic E-state index is 0.0802. The van der Waals surface area contributed by atoms with E-state index in [2.05, 4.69) is 15.3 Å². The SMILES string of the molecule is CCC(NC(=O)C(C(N)=S)C(C)C)c1ncc[nH]1. The van der Waals surface area contributed by atoms with Crippen molar-refractivity contribution in [1.82, 2.24) is 15.3 Å². The normalized spacial score (nSPS) is 14.2. The van der Waals surface area contributed by atoms with Gasteiger partial charge in [-0.2, -0.15) is 0 Å². The zero-order chi connectivity index (χ0) is 13.7. The van der Waals surface area contributed by atoms with Crippen molar-refractivity contribution in [2.24, 2.45) is 17.6 Å². The van der Waals surface area contributed by atoms with Crippen LogP contribution in [0.4, 0.5) is 0 Å². The van der Waals surface area contributed by atoms with E-state index in [0.717, 1.165) is 12.2 Å². The van der Waals surface area contributed by atoms with Crippen molar-refractivity contribution in [3.05, 3.63) is 18.2 Å². The van der Waals surface area contributed by atoms with Gasteiger partial charge in [-0.1, -0.05) is 33.0 Å². The molecule has 0 fully saturated rings. The van der Waals surface area contributed by atoms with Crippen LogP contribution in [0.25, 0.3) is 0 Å². The third-order valence-electron chi connectivity index (χ3n) is 2.83. The number of thiocarbonyl (C=S) groups is 1. The topological polar surface area (TPSA) is 83.8 Å². The average molecular weight is 268 g/mol. The smallest absolute Gasteiger partial charge is 0.230 e. The lowest BCUT2D eigenvalue weighted by Gasteiger charge is -2.22. The molecule has 18 heavy (non-hydrogen) atoms. The van der Waals surface area contributed by atoms with Crippen LogP contribution < -0.4 is 11.1 Å². The first-order chi connectivity index (χ1) is 8.47. The molecule has 0 aliphatic heterocycles. The van der Waals surface area contributed by atoms with Crippen LogP contribution in [0.2, 0.25) is 0 Å². The molecule has 0 radical (unpaired) electrons. The molecule has 4 N–H and O–H groups in total. The number of aromatic amines is 1. The molecule has 1 aromatic rings. The lowest BCUT2D eigenvalue weighted by atomic mass is 9.94. The van der Waals surface area contributed by atoms with Crippen molar-refractivity contribution in [3.63, 3.8) is 0 Å². The third-order valence-corrected chi connectivity index (χ3v) is 3.08. The maximum Gasteiger partial charge on any atom is 0.230 e. The predicted molar refractivity (Wildman–Crippen MR) is 74.9 cm³/mol. The van der Waals surface area contributed by atoms with Gasteiger partial charge in [0.15, 0.2) is 0 Å². The summed E-state index contributed by atoms with van der Waals surface area (Å²) in [5.41, 5.74) is 5.62. The molecule has 0 aliphatic carbocycles. The van der Waals surface area contributed by atoms with Gasteiger partial charge in [-0.25, -0.2) is 4.98 Å². The second-order valence-electron chi connectivity index (χ2n) is 4.57. The average Bonchev–Trinajstić information content (AvgIpc) is 2.77. The number of aromatic nitrogens is 2. The van der Waals surface area contributed by atoms with E-state index in [9.17, 15) is 4.79 Å². The van der Waals surface area contributed by atoms with Gasteiger partial charge in [-0.3, -0.25) is 4.79 Å². The highest BCUT2D eigenvalue weighted by Gasteiger charge is 2.27.